The Balaban J connectivity index is 1.54. The molecule has 1 aliphatic rings. The van der Waals surface area contributed by atoms with Crippen molar-refractivity contribution in [3.05, 3.63) is 95.8 Å². The van der Waals surface area contributed by atoms with E-state index in [1.54, 1.807) is 24.3 Å². The molecule has 0 heterocycles. The van der Waals surface area contributed by atoms with Crippen LogP contribution in [-0.4, -0.2) is 5.97 Å². The van der Waals surface area contributed by atoms with Gasteiger partial charge in [0, 0.05) is 5.56 Å². The van der Waals surface area contributed by atoms with Gasteiger partial charge in [0.2, 0.25) is 6.10 Å². The highest BCUT2D eigenvalue weighted by molar-refractivity contribution is 5.79. The maximum atomic E-state index is 14.2. The third-order valence-electron chi connectivity index (χ3n) is 5.09. The summed E-state index contributed by atoms with van der Waals surface area (Å²) in [5.41, 5.74) is 1.25. The van der Waals surface area contributed by atoms with Crippen LogP contribution in [-0.2, 0) is 9.53 Å². The number of ether oxygens (including phenoxy) is 2. The van der Waals surface area contributed by atoms with Crippen LogP contribution in [0.2, 0.25) is 0 Å². The van der Waals surface area contributed by atoms with E-state index >= 15 is 0 Å². The summed E-state index contributed by atoms with van der Waals surface area (Å²) in [4.78, 5) is 12.9. The topological polar surface area (TPSA) is 59.3 Å². The van der Waals surface area contributed by atoms with Crippen LogP contribution in [0, 0.1) is 23.1 Å². The molecule has 0 N–H and O–H groups in total. The van der Waals surface area contributed by atoms with Gasteiger partial charge in [0.15, 0.2) is 11.6 Å². The van der Waals surface area contributed by atoms with Gasteiger partial charge in [0.25, 0.3) is 0 Å². The van der Waals surface area contributed by atoms with E-state index in [0.717, 1.165) is 18.4 Å². The van der Waals surface area contributed by atoms with E-state index in [4.69, 9.17) is 9.47 Å². The van der Waals surface area contributed by atoms with E-state index in [1.165, 1.54) is 18.2 Å². The van der Waals surface area contributed by atoms with Gasteiger partial charge in [-0.1, -0.05) is 54.6 Å². The third kappa shape index (κ3) is 4.49. The van der Waals surface area contributed by atoms with Crippen molar-refractivity contribution in [1.82, 2.24) is 0 Å². The number of nitriles is 1. The summed E-state index contributed by atoms with van der Waals surface area (Å²) < 4.78 is 25.4. The number of carbonyl (C=O) groups excluding carboxylic acids is 1. The molecule has 4 nitrogen and oxygen atoms in total. The van der Waals surface area contributed by atoms with Gasteiger partial charge < -0.3 is 9.47 Å². The lowest BCUT2D eigenvalue weighted by atomic mass is 9.94. The first-order valence-electron chi connectivity index (χ1n) is 9.83. The molecule has 0 amide bonds. The van der Waals surface area contributed by atoms with Crippen molar-refractivity contribution in [3.63, 3.8) is 0 Å². The van der Waals surface area contributed by atoms with Crippen molar-refractivity contribution in [2.45, 2.75) is 24.9 Å². The van der Waals surface area contributed by atoms with Crippen LogP contribution in [0.4, 0.5) is 4.39 Å². The first-order valence-corrected chi connectivity index (χ1v) is 9.83. The molecule has 0 spiro atoms. The Morgan fingerprint density at radius 1 is 0.967 bits per heavy atom. The average Bonchev–Trinajstić information content (AvgIpc) is 3.60. The van der Waals surface area contributed by atoms with E-state index in [1.807, 2.05) is 42.5 Å². The van der Waals surface area contributed by atoms with E-state index in [9.17, 15) is 14.4 Å². The molecule has 0 saturated heterocycles. The van der Waals surface area contributed by atoms with Crippen molar-refractivity contribution >= 4 is 5.97 Å². The average molecular weight is 401 g/mol. The minimum atomic E-state index is -1.15. The molecule has 30 heavy (non-hydrogen) atoms. The Bertz CT molecular complexity index is 1060. The number of para-hydroxylation sites is 1. The van der Waals surface area contributed by atoms with Gasteiger partial charge in [-0.2, -0.15) is 5.26 Å². The highest BCUT2D eigenvalue weighted by Gasteiger charge is 2.39. The fraction of sp³-hybridized carbons (Fsp3) is 0.200. The van der Waals surface area contributed by atoms with Crippen molar-refractivity contribution in [3.8, 4) is 17.6 Å². The monoisotopic (exact) mass is 401 g/mol. The second-order valence-corrected chi connectivity index (χ2v) is 7.28. The van der Waals surface area contributed by atoms with Crippen LogP contribution in [0.25, 0.3) is 0 Å². The number of esters is 1. The molecule has 3 aromatic carbocycles. The molecule has 5 heteroatoms. The second kappa shape index (κ2) is 8.79. The van der Waals surface area contributed by atoms with Gasteiger partial charge in [0.1, 0.15) is 11.8 Å². The van der Waals surface area contributed by atoms with Crippen LogP contribution < -0.4 is 4.74 Å². The van der Waals surface area contributed by atoms with Crippen LogP contribution in [0.5, 0.6) is 11.5 Å². The van der Waals surface area contributed by atoms with Gasteiger partial charge in [0.05, 0.1) is 5.92 Å². The largest absolute Gasteiger partial charge is 0.454 e. The normalized spacial score (nSPS) is 14.9. The summed E-state index contributed by atoms with van der Waals surface area (Å²) in [6.07, 6.45) is 0.760. The number of nitrogens with zero attached hydrogens (tertiary/aromatic N) is 1. The fourth-order valence-electron chi connectivity index (χ4n) is 3.43. The highest BCUT2D eigenvalue weighted by Crippen LogP contribution is 2.44. The van der Waals surface area contributed by atoms with E-state index < -0.39 is 23.8 Å². The number of hydrogen-bond donors (Lipinski definition) is 0. The molecule has 0 bridgehead atoms. The number of carbonyl (C=O) groups is 1. The third-order valence-corrected chi connectivity index (χ3v) is 5.09. The van der Waals surface area contributed by atoms with Crippen molar-refractivity contribution in [2.75, 3.05) is 0 Å². The van der Waals surface area contributed by atoms with Crippen LogP contribution in [0.1, 0.15) is 36.0 Å². The Morgan fingerprint density at radius 2 is 1.63 bits per heavy atom. The summed E-state index contributed by atoms with van der Waals surface area (Å²) in [5.74, 6) is -0.739. The second-order valence-electron chi connectivity index (χ2n) is 7.28. The van der Waals surface area contributed by atoms with Crippen LogP contribution in [0.3, 0.4) is 0 Å². The lowest BCUT2D eigenvalue weighted by Crippen LogP contribution is -2.20. The molecule has 2 atom stereocenters. The lowest BCUT2D eigenvalue weighted by Gasteiger charge is -2.19. The fourth-order valence-corrected chi connectivity index (χ4v) is 3.43. The number of rotatable bonds is 7. The van der Waals surface area contributed by atoms with Gasteiger partial charge in [-0.3, -0.25) is 4.79 Å². The zero-order valence-electron chi connectivity index (χ0n) is 16.2. The zero-order valence-corrected chi connectivity index (χ0v) is 16.2. The Labute approximate surface area is 174 Å². The number of benzene rings is 3. The first kappa shape index (κ1) is 19.7. The van der Waals surface area contributed by atoms with Crippen molar-refractivity contribution < 1.29 is 18.7 Å². The predicted molar refractivity (Wildman–Crippen MR) is 109 cm³/mol. The van der Waals surface area contributed by atoms with E-state index in [-0.39, 0.29) is 11.7 Å². The zero-order chi connectivity index (χ0) is 20.9. The predicted octanol–water partition coefficient (Wildman–Crippen LogP) is 5.92. The quantitative estimate of drug-likeness (QED) is 0.461. The molecular weight excluding hydrogens is 381 g/mol. The minimum Gasteiger partial charge on any atom is -0.454 e. The van der Waals surface area contributed by atoms with Gasteiger partial charge in [-0.15, -0.1) is 0 Å². The molecule has 0 aromatic heterocycles. The Hall–Kier alpha value is -3.65. The molecule has 1 saturated carbocycles. The SMILES string of the molecule is N#CC(OC(=O)C(c1ccccc1)C1CC1)c1ccc(F)c(Oc2ccccc2)c1. The Morgan fingerprint density at radius 3 is 2.27 bits per heavy atom. The number of halogens is 1. The number of hydrogen-bond acceptors (Lipinski definition) is 4. The van der Waals surface area contributed by atoms with Crippen LogP contribution >= 0.6 is 0 Å². The molecule has 2 unspecified atom stereocenters. The van der Waals surface area contributed by atoms with E-state index in [0.29, 0.717) is 11.3 Å². The molecule has 1 aliphatic carbocycles. The summed E-state index contributed by atoms with van der Waals surface area (Å²) in [7, 11) is 0. The van der Waals surface area contributed by atoms with Crippen molar-refractivity contribution in [2.24, 2.45) is 5.92 Å². The first-order chi connectivity index (χ1) is 14.7. The van der Waals surface area contributed by atoms with E-state index in [2.05, 4.69) is 0 Å². The summed E-state index contributed by atoms with van der Waals surface area (Å²) in [6, 6.07) is 24.3. The molecule has 0 aliphatic heterocycles. The summed E-state index contributed by atoms with van der Waals surface area (Å²) >= 11 is 0. The van der Waals surface area contributed by atoms with Crippen LogP contribution in [0.15, 0.2) is 78.9 Å². The summed E-state index contributed by atoms with van der Waals surface area (Å²) in [5, 5.41) is 9.62. The summed E-state index contributed by atoms with van der Waals surface area (Å²) in [6.45, 7) is 0. The van der Waals surface area contributed by atoms with Crippen molar-refractivity contribution in [1.29, 1.82) is 5.26 Å². The standard InChI is InChI=1S/C25H20FNO3/c26-21-14-13-19(15-22(21)29-20-9-5-2-6-10-20)23(16-27)30-25(28)24(18-11-12-18)17-7-3-1-4-8-17/h1-10,13-15,18,23-24H,11-12H2. The maximum Gasteiger partial charge on any atom is 0.315 e. The molecule has 0 radical (unpaired) electrons. The molecule has 150 valence electrons. The van der Waals surface area contributed by atoms with Gasteiger partial charge in [-0.25, -0.2) is 4.39 Å². The Kier molecular flexibility index (Phi) is 5.76. The molecular formula is C25H20FNO3. The highest BCUT2D eigenvalue weighted by atomic mass is 19.1. The molecule has 1 fully saturated rings. The smallest absolute Gasteiger partial charge is 0.315 e. The molecule has 4 rings (SSSR count). The minimum absolute atomic E-state index is 0.0307. The lowest BCUT2D eigenvalue weighted by molar-refractivity contribution is -0.149. The molecule has 3 aromatic rings. The van der Waals surface area contributed by atoms with Gasteiger partial charge >= 0.3 is 5.97 Å². The van der Waals surface area contributed by atoms with Gasteiger partial charge in [-0.05, 0) is 48.6 Å². The maximum absolute atomic E-state index is 14.2.